The number of nitrogens with zero attached hydrogens (tertiary/aromatic N) is 3. The quantitative estimate of drug-likeness (QED) is 0.617. The van der Waals surface area contributed by atoms with Crippen LogP contribution in [0, 0.1) is 5.41 Å². The first-order chi connectivity index (χ1) is 15.5. The van der Waals surface area contributed by atoms with Gasteiger partial charge in [-0.3, -0.25) is 14.4 Å². The minimum Gasteiger partial charge on any atom is -0.459 e. The minimum absolute atomic E-state index is 0.0444. The molecular weight excluding hydrogens is 468 g/mol. The zero-order valence-corrected chi connectivity index (χ0v) is 20.5. The molecule has 8 nitrogen and oxygen atoms in total. The molecule has 0 unspecified atom stereocenters. The van der Waals surface area contributed by atoms with Gasteiger partial charge >= 0.3 is 0 Å². The van der Waals surface area contributed by atoms with Gasteiger partial charge in [0.05, 0.1) is 22.6 Å². The fourth-order valence-electron chi connectivity index (χ4n) is 4.39. The number of piperidine rings is 1. The molecule has 0 aliphatic carbocycles. The van der Waals surface area contributed by atoms with Crippen LogP contribution in [0.15, 0.2) is 32.0 Å². The maximum absolute atomic E-state index is 13.3. The number of rotatable bonds is 6. The topological polar surface area (TPSA) is 95.8 Å². The lowest BCUT2D eigenvalue weighted by atomic mass is 9.78. The van der Waals surface area contributed by atoms with Gasteiger partial charge in [-0.25, -0.2) is 0 Å². The van der Waals surface area contributed by atoms with Crippen LogP contribution >= 0.6 is 35.1 Å². The van der Waals surface area contributed by atoms with Crippen LogP contribution in [0.5, 0.6) is 0 Å². The first kappa shape index (κ1) is 23.2. The average molecular weight is 495 g/mol. The second kappa shape index (κ2) is 9.88. The third kappa shape index (κ3) is 4.69. The summed E-state index contributed by atoms with van der Waals surface area (Å²) in [5, 5.41) is 3.42. The molecule has 11 heteroatoms. The van der Waals surface area contributed by atoms with E-state index in [1.54, 1.807) is 28.8 Å². The summed E-state index contributed by atoms with van der Waals surface area (Å²) in [6.45, 7) is 2.70. The van der Waals surface area contributed by atoms with Crippen molar-refractivity contribution in [3.63, 3.8) is 0 Å². The molecule has 2 fully saturated rings. The molecule has 0 bridgehead atoms. The molecule has 2 aromatic heterocycles. The van der Waals surface area contributed by atoms with Crippen LogP contribution in [-0.2, 0) is 4.79 Å². The Morgan fingerprint density at radius 2 is 1.88 bits per heavy atom. The van der Waals surface area contributed by atoms with E-state index in [2.05, 4.69) is 9.69 Å². The van der Waals surface area contributed by atoms with Crippen molar-refractivity contribution >= 4 is 52.8 Å². The van der Waals surface area contributed by atoms with Crippen LogP contribution in [0.1, 0.15) is 40.2 Å². The Morgan fingerprint density at radius 1 is 1.16 bits per heavy atom. The predicted molar refractivity (Wildman–Crippen MR) is 125 cm³/mol. The molecular formula is C21H26N4O4S3. The van der Waals surface area contributed by atoms with Crippen LogP contribution in [0.4, 0.5) is 0 Å². The van der Waals surface area contributed by atoms with E-state index < -0.39 is 0 Å². The van der Waals surface area contributed by atoms with Gasteiger partial charge in [-0.1, -0.05) is 0 Å². The monoisotopic (exact) mass is 494 g/mol. The number of hydrogen-bond acceptors (Lipinski definition) is 8. The van der Waals surface area contributed by atoms with Crippen molar-refractivity contribution < 1.29 is 18.8 Å². The van der Waals surface area contributed by atoms with E-state index in [-0.39, 0.29) is 35.4 Å². The highest BCUT2D eigenvalue weighted by molar-refractivity contribution is 8.01. The van der Waals surface area contributed by atoms with Crippen molar-refractivity contribution in [2.45, 2.75) is 28.5 Å². The van der Waals surface area contributed by atoms with E-state index in [0.717, 1.165) is 47.2 Å². The molecule has 2 aliphatic heterocycles. The molecule has 2 aromatic rings. The molecule has 1 spiro atoms. The highest BCUT2D eigenvalue weighted by Crippen LogP contribution is 2.42. The summed E-state index contributed by atoms with van der Waals surface area (Å²) in [5.74, 6) is -0.215. The van der Waals surface area contributed by atoms with E-state index in [0.29, 0.717) is 13.1 Å². The normalized spacial score (nSPS) is 17.7. The van der Waals surface area contributed by atoms with Gasteiger partial charge < -0.3 is 19.5 Å². The van der Waals surface area contributed by atoms with Gasteiger partial charge in [0.2, 0.25) is 5.91 Å². The van der Waals surface area contributed by atoms with E-state index >= 15 is 0 Å². The summed E-state index contributed by atoms with van der Waals surface area (Å²) >= 11 is 4.47. The summed E-state index contributed by atoms with van der Waals surface area (Å²) in [6, 6.07) is 3.20. The molecule has 0 saturated carbocycles. The van der Waals surface area contributed by atoms with E-state index in [9.17, 15) is 14.4 Å². The molecule has 2 aliphatic rings. The number of nitrogens with one attached hydrogen (secondary N) is 1. The molecule has 4 heterocycles. The first-order valence-electron chi connectivity index (χ1n) is 10.4. The molecule has 4 rings (SSSR count). The Hall–Kier alpha value is -1.98. The summed E-state index contributed by atoms with van der Waals surface area (Å²) in [7, 11) is 0. The van der Waals surface area contributed by atoms with Crippen molar-refractivity contribution in [3.05, 3.63) is 29.7 Å². The lowest BCUT2D eigenvalue weighted by molar-refractivity contribution is -0.132. The molecule has 0 radical (unpaired) electrons. The fraction of sp³-hybridized carbons (Fsp3) is 0.524. The van der Waals surface area contributed by atoms with Crippen molar-refractivity contribution in [1.82, 2.24) is 19.5 Å². The fourth-order valence-corrected chi connectivity index (χ4v) is 6.65. The Morgan fingerprint density at radius 3 is 2.50 bits per heavy atom. The lowest BCUT2D eigenvalue weighted by Crippen LogP contribution is -2.47. The maximum atomic E-state index is 13.3. The Bertz CT molecular complexity index is 962. The summed E-state index contributed by atoms with van der Waals surface area (Å²) < 4.78 is 10.4. The molecule has 2 saturated heterocycles. The number of aromatic nitrogens is 1. The summed E-state index contributed by atoms with van der Waals surface area (Å²) in [5.41, 5.74) is 0.804. The van der Waals surface area contributed by atoms with Gasteiger partial charge in [-0.2, -0.15) is 4.37 Å². The maximum Gasteiger partial charge on any atom is 0.287 e. The van der Waals surface area contributed by atoms with Crippen LogP contribution in [0.25, 0.3) is 0 Å². The number of carbonyl (C=O) groups is 3. The van der Waals surface area contributed by atoms with Crippen LogP contribution < -0.4 is 5.32 Å². The standard InChI is InChI=1S/C21H26N4O4S3/c1-30-18-16(20(31-2)32-23-18)19(28)25-10-7-21(13-25)5-8-24(9-6-21)15(26)12-22-17(27)14-4-3-11-29-14/h3-4,11H,5-10,12-13H2,1-2H3,(H,22,27). The van der Waals surface area contributed by atoms with Crippen LogP contribution in [0.3, 0.4) is 0 Å². The number of furan rings is 1. The van der Waals surface area contributed by atoms with Gasteiger partial charge in [0, 0.05) is 26.2 Å². The molecule has 172 valence electrons. The lowest BCUT2D eigenvalue weighted by Gasteiger charge is -2.39. The van der Waals surface area contributed by atoms with Gasteiger partial charge in [0.15, 0.2) is 5.76 Å². The Labute approximate surface area is 199 Å². The molecule has 3 amide bonds. The van der Waals surface area contributed by atoms with Crippen LogP contribution in [0.2, 0.25) is 0 Å². The van der Waals surface area contributed by atoms with Crippen molar-refractivity contribution in [2.75, 3.05) is 45.2 Å². The largest absolute Gasteiger partial charge is 0.459 e. The van der Waals surface area contributed by atoms with Crippen LogP contribution in [-0.4, -0.2) is 77.1 Å². The number of hydrogen-bond donors (Lipinski definition) is 1. The predicted octanol–water partition coefficient (Wildman–Crippen LogP) is 3.06. The van der Waals surface area contributed by atoms with Gasteiger partial charge in [0.25, 0.3) is 11.8 Å². The Kier molecular flexibility index (Phi) is 7.16. The molecule has 0 aromatic carbocycles. The number of likely N-dealkylation sites (tertiary alicyclic amines) is 2. The number of amides is 3. The first-order valence-corrected chi connectivity index (χ1v) is 13.6. The number of carbonyl (C=O) groups excluding carboxylic acids is 3. The van der Waals surface area contributed by atoms with E-state index in [1.807, 2.05) is 17.4 Å². The third-order valence-electron chi connectivity index (χ3n) is 6.27. The van der Waals surface area contributed by atoms with E-state index in [1.165, 1.54) is 29.6 Å². The third-order valence-corrected chi connectivity index (χ3v) is 9.01. The zero-order chi connectivity index (χ0) is 22.7. The second-order valence-corrected chi connectivity index (χ2v) is 10.7. The summed E-state index contributed by atoms with van der Waals surface area (Å²) in [6.07, 6.45) is 8.03. The number of thioether (sulfide) groups is 2. The van der Waals surface area contributed by atoms with Crippen molar-refractivity contribution in [3.8, 4) is 0 Å². The molecule has 0 atom stereocenters. The highest BCUT2D eigenvalue weighted by Gasteiger charge is 2.43. The van der Waals surface area contributed by atoms with Gasteiger partial charge in [-0.15, -0.1) is 23.5 Å². The highest BCUT2D eigenvalue weighted by atomic mass is 32.2. The smallest absolute Gasteiger partial charge is 0.287 e. The SMILES string of the molecule is CSc1nsc(SC)c1C(=O)N1CCC2(CCN(C(=O)CNC(=O)c3ccco3)CC2)C1. The Balaban J connectivity index is 1.30. The van der Waals surface area contributed by atoms with Crippen molar-refractivity contribution in [2.24, 2.45) is 5.41 Å². The molecule has 32 heavy (non-hydrogen) atoms. The zero-order valence-electron chi connectivity index (χ0n) is 18.1. The second-order valence-electron chi connectivity index (χ2n) is 8.08. The van der Waals surface area contributed by atoms with Crippen molar-refractivity contribution in [1.29, 1.82) is 0 Å². The molecule has 1 N–H and O–H groups in total. The van der Waals surface area contributed by atoms with E-state index in [4.69, 9.17) is 4.42 Å². The average Bonchev–Trinajstić information content (AvgIpc) is 3.57. The van der Waals surface area contributed by atoms with Gasteiger partial charge in [0.1, 0.15) is 5.03 Å². The van der Waals surface area contributed by atoms with Gasteiger partial charge in [-0.05, 0) is 60.9 Å². The minimum atomic E-state index is -0.390. The summed E-state index contributed by atoms with van der Waals surface area (Å²) in [4.78, 5) is 41.5.